The van der Waals surface area contributed by atoms with Crippen molar-refractivity contribution >= 4 is 11.6 Å². The number of nitrogens with one attached hydrogen (secondary N) is 1. The van der Waals surface area contributed by atoms with Crippen LogP contribution in [0.3, 0.4) is 0 Å². The lowest BCUT2D eigenvalue weighted by atomic mass is 10.1. The van der Waals surface area contributed by atoms with Gasteiger partial charge in [-0.15, -0.1) is 0 Å². The molecule has 5 nitrogen and oxygen atoms in total. The molecule has 8 heteroatoms. The summed E-state index contributed by atoms with van der Waals surface area (Å²) in [7, 11) is 1.44. The lowest BCUT2D eigenvalue weighted by molar-refractivity contribution is -0.136. The van der Waals surface area contributed by atoms with E-state index < -0.39 is 17.6 Å². The van der Waals surface area contributed by atoms with Crippen LogP contribution in [0.2, 0.25) is 0 Å². The molecule has 0 fully saturated rings. The molecular weight excluding hydrogens is 347 g/mol. The maximum atomic E-state index is 13.4. The topological polar surface area (TPSA) is 56.1 Å². The zero-order valence-electron chi connectivity index (χ0n) is 13.6. The van der Waals surface area contributed by atoms with E-state index in [1.165, 1.54) is 48.5 Å². The highest BCUT2D eigenvalue weighted by molar-refractivity contribution is 6.05. The van der Waals surface area contributed by atoms with Crippen LogP contribution in [0.15, 0.2) is 60.9 Å². The Balaban J connectivity index is 1.95. The number of benzene rings is 2. The number of anilines is 1. The zero-order chi connectivity index (χ0) is 18.7. The first-order valence-electron chi connectivity index (χ1n) is 7.55. The van der Waals surface area contributed by atoms with E-state index in [2.05, 4.69) is 10.4 Å². The Morgan fingerprint density at radius 3 is 2.62 bits per heavy atom. The molecule has 0 unspecified atom stereocenters. The molecule has 1 amide bonds. The molecule has 3 aromatic rings. The van der Waals surface area contributed by atoms with Gasteiger partial charge in [0.05, 0.1) is 24.0 Å². The largest absolute Gasteiger partial charge is 0.497 e. The summed E-state index contributed by atoms with van der Waals surface area (Å²) in [4.78, 5) is 12.3. The molecule has 134 valence electrons. The molecule has 1 heterocycles. The number of aromatic nitrogens is 2. The second-order valence-electron chi connectivity index (χ2n) is 5.36. The predicted molar refractivity (Wildman–Crippen MR) is 89.5 cm³/mol. The summed E-state index contributed by atoms with van der Waals surface area (Å²) in [5.41, 5.74) is -0.863. The van der Waals surface area contributed by atoms with Crippen molar-refractivity contribution in [2.45, 2.75) is 6.18 Å². The lowest BCUT2D eigenvalue weighted by Gasteiger charge is -2.15. The zero-order valence-corrected chi connectivity index (χ0v) is 13.6. The summed E-state index contributed by atoms with van der Waals surface area (Å²) >= 11 is 0. The molecule has 0 saturated carbocycles. The van der Waals surface area contributed by atoms with Gasteiger partial charge in [0.2, 0.25) is 0 Å². The first-order valence-corrected chi connectivity index (χ1v) is 7.55. The van der Waals surface area contributed by atoms with Gasteiger partial charge in [-0.2, -0.15) is 18.3 Å². The van der Waals surface area contributed by atoms with E-state index in [1.807, 2.05) is 0 Å². The van der Waals surface area contributed by atoms with Gasteiger partial charge in [0.15, 0.2) is 0 Å². The van der Waals surface area contributed by atoms with Crippen LogP contribution in [0.1, 0.15) is 15.9 Å². The van der Waals surface area contributed by atoms with Crippen molar-refractivity contribution in [3.05, 3.63) is 72.1 Å². The second-order valence-corrected chi connectivity index (χ2v) is 5.36. The van der Waals surface area contributed by atoms with Gasteiger partial charge in [0.25, 0.3) is 5.91 Å². The number of hydrogen-bond donors (Lipinski definition) is 1. The average molecular weight is 361 g/mol. The van der Waals surface area contributed by atoms with Crippen molar-refractivity contribution < 1.29 is 22.7 Å². The smallest absolute Gasteiger partial charge is 0.418 e. The highest BCUT2D eigenvalue weighted by atomic mass is 19.4. The van der Waals surface area contributed by atoms with Crippen LogP contribution >= 0.6 is 0 Å². The maximum absolute atomic E-state index is 13.4. The fraction of sp³-hybridized carbons (Fsp3) is 0.111. The van der Waals surface area contributed by atoms with Crippen molar-refractivity contribution in [1.29, 1.82) is 0 Å². The molecule has 0 radical (unpaired) electrons. The Labute approximate surface area is 147 Å². The molecule has 0 atom stereocenters. The molecule has 3 rings (SSSR count). The van der Waals surface area contributed by atoms with Gasteiger partial charge < -0.3 is 10.1 Å². The van der Waals surface area contributed by atoms with Crippen molar-refractivity contribution in [2.24, 2.45) is 0 Å². The van der Waals surface area contributed by atoms with Crippen LogP contribution < -0.4 is 10.1 Å². The summed E-state index contributed by atoms with van der Waals surface area (Å²) in [5.74, 6) is -0.232. The van der Waals surface area contributed by atoms with Crippen LogP contribution in [0.4, 0.5) is 18.9 Å². The van der Waals surface area contributed by atoms with E-state index in [-0.39, 0.29) is 16.9 Å². The van der Waals surface area contributed by atoms with E-state index >= 15 is 0 Å². The van der Waals surface area contributed by atoms with Gasteiger partial charge in [0.1, 0.15) is 5.75 Å². The SMILES string of the molecule is COc1cccc(C(=O)Nc2ccc(-n3cccn3)cc2C(F)(F)F)c1. The Morgan fingerprint density at radius 2 is 1.96 bits per heavy atom. The first-order chi connectivity index (χ1) is 12.4. The van der Waals surface area contributed by atoms with Crippen LogP contribution in [0.25, 0.3) is 5.69 Å². The Bertz CT molecular complexity index is 922. The number of methoxy groups -OCH3 is 1. The molecule has 2 aromatic carbocycles. The molecule has 0 saturated heterocycles. The van der Waals surface area contributed by atoms with Gasteiger partial charge in [-0.05, 0) is 42.5 Å². The standard InChI is InChI=1S/C18H14F3N3O2/c1-26-14-5-2-4-12(10-14)17(25)23-16-7-6-13(24-9-3-8-22-24)11-15(16)18(19,20)21/h2-11H,1H3,(H,23,25). The monoisotopic (exact) mass is 361 g/mol. The fourth-order valence-corrected chi connectivity index (χ4v) is 2.40. The number of ether oxygens (including phenoxy) is 1. The Morgan fingerprint density at radius 1 is 1.15 bits per heavy atom. The third kappa shape index (κ3) is 3.69. The molecule has 0 bridgehead atoms. The molecule has 1 aromatic heterocycles. The van der Waals surface area contributed by atoms with E-state index in [0.717, 1.165) is 6.07 Å². The van der Waals surface area contributed by atoms with Crippen molar-refractivity contribution in [2.75, 3.05) is 12.4 Å². The van der Waals surface area contributed by atoms with E-state index in [1.54, 1.807) is 18.2 Å². The number of halogens is 3. The minimum Gasteiger partial charge on any atom is -0.497 e. The van der Waals surface area contributed by atoms with Gasteiger partial charge in [-0.3, -0.25) is 4.79 Å². The highest BCUT2D eigenvalue weighted by Gasteiger charge is 2.34. The molecule has 0 aliphatic heterocycles. The average Bonchev–Trinajstić information content (AvgIpc) is 3.16. The van der Waals surface area contributed by atoms with Crippen LogP contribution in [0, 0.1) is 0 Å². The van der Waals surface area contributed by atoms with Crippen LogP contribution in [0.5, 0.6) is 5.75 Å². The third-order valence-electron chi connectivity index (χ3n) is 3.66. The maximum Gasteiger partial charge on any atom is 0.418 e. The van der Waals surface area contributed by atoms with E-state index in [4.69, 9.17) is 4.74 Å². The number of carbonyl (C=O) groups is 1. The van der Waals surface area contributed by atoms with E-state index in [0.29, 0.717) is 5.75 Å². The van der Waals surface area contributed by atoms with Gasteiger partial charge in [-0.1, -0.05) is 6.07 Å². The van der Waals surface area contributed by atoms with Gasteiger partial charge >= 0.3 is 6.18 Å². The normalized spacial score (nSPS) is 11.2. The second kappa shape index (κ2) is 6.91. The Hall–Kier alpha value is -3.29. The minimum absolute atomic E-state index is 0.189. The molecule has 26 heavy (non-hydrogen) atoms. The summed E-state index contributed by atoms with van der Waals surface area (Å²) in [6.45, 7) is 0. The summed E-state index contributed by atoms with van der Waals surface area (Å²) in [6.07, 6.45) is -1.64. The van der Waals surface area contributed by atoms with Crippen molar-refractivity contribution in [3.63, 3.8) is 0 Å². The predicted octanol–water partition coefficient (Wildman–Crippen LogP) is 4.15. The number of nitrogens with zero attached hydrogens (tertiary/aromatic N) is 2. The number of alkyl halides is 3. The van der Waals surface area contributed by atoms with E-state index in [9.17, 15) is 18.0 Å². The molecule has 1 N–H and O–H groups in total. The number of carbonyl (C=O) groups excluding carboxylic acids is 1. The Kier molecular flexibility index (Phi) is 4.66. The van der Waals surface area contributed by atoms with Crippen molar-refractivity contribution in [1.82, 2.24) is 9.78 Å². The quantitative estimate of drug-likeness (QED) is 0.759. The van der Waals surface area contributed by atoms with Crippen molar-refractivity contribution in [3.8, 4) is 11.4 Å². The van der Waals surface area contributed by atoms with Gasteiger partial charge in [0, 0.05) is 18.0 Å². The lowest BCUT2D eigenvalue weighted by Crippen LogP contribution is -2.17. The molecule has 0 spiro atoms. The number of hydrogen-bond acceptors (Lipinski definition) is 3. The van der Waals surface area contributed by atoms with Gasteiger partial charge in [-0.25, -0.2) is 4.68 Å². The summed E-state index contributed by atoms with van der Waals surface area (Å²) < 4.78 is 46.7. The number of rotatable bonds is 4. The van der Waals surface area contributed by atoms with Crippen LogP contribution in [-0.4, -0.2) is 22.8 Å². The number of amides is 1. The molecule has 0 aliphatic carbocycles. The molecular formula is C18H14F3N3O2. The van der Waals surface area contributed by atoms with Crippen LogP contribution in [-0.2, 0) is 6.18 Å². The fourth-order valence-electron chi connectivity index (χ4n) is 2.40. The highest BCUT2D eigenvalue weighted by Crippen LogP contribution is 2.36. The first kappa shape index (κ1) is 17.5. The molecule has 0 aliphatic rings. The third-order valence-corrected chi connectivity index (χ3v) is 3.66. The summed E-state index contributed by atoms with van der Waals surface area (Å²) in [6, 6.07) is 11.3. The summed E-state index contributed by atoms with van der Waals surface area (Å²) in [5, 5.41) is 6.23. The minimum atomic E-state index is -4.64.